The highest BCUT2D eigenvalue weighted by Gasteiger charge is 2.16. The predicted octanol–water partition coefficient (Wildman–Crippen LogP) is 1.04. The lowest BCUT2D eigenvalue weighted by Crippen LogP contribution is -2.15. The van der Waals surface area contributed by atoms with E-state index >= 15 is 0 Å². The third-order valence-corrected chi connectivity index (χ3v) is 4.37. The van der Waals surface area contributed by atoms with Crippen LogP contribution in [0.1, 0.15) is 0 Å². The summed E-state index contributed by atoms with van der Waals surface area (Å²) in [6.45, 7) is -0.631. The Morgan fingerprint density at radius 1 is 1.24 bits per heavy atom. The summed E-state index contributed by atoms with van der Waals surface area (Å²) in [5, 5.41) is 0. The first-order chi connectivity index (χ1) is 7.71. The molecule has 1 aromatic carbocycles. The second kappa shape index (κ2) is 5.44. The number of rotatable bonds is 5. The normalized spacial score (nSPS) is 12.6. The van der Waals surface area contributed by atoms with Crippen molar-refractivity contribution in [3.05, 3.63) is 28.7 Å². The maximum absolute atomic E-state index is 11.7. The Bertz CT molecular complexity index is 592. The van der Waals surface area contributed by atoms with Gasteiger partial charge in [0.1, 0.15) is 0 Å². The average Bonchev–Trinajstić information content (AvgIpc) is 2.15. The molecule has 0 saturated heterocycles. The molecule has 0 amide bonds. The van der Waals surface area contributed by atoms with Gasteiger partial charge in [-0.25, -0.2) is 12.6 Å². The summed E-state index contributed by atoms with van der Waals surface area (Å²) in [6, 6.07) is 5.98. The van der Waals surface area contributed by atoms with Gasteiger partial charge in [-0.2, -0.15) is 8.42 Å². The Morgan fingerprint density at radius 2 is 1.88 bits per heavy atom. The van der Waals surface area contributed by atoms with E-state index in [4.69, 9.17) is 4.55 Å². The fourth-order valence-electron chi connectivity index (χ4n) is 1.03. The Morgan fingerprint density at radius 3 is 2.41 bits per heavy atom. The molecule has 0 atom stereocenters. The van der Waals surface area contributed by atoms with Gasteiger partial charge in [-0.1, -0.05) is 22.0 Å². The quantitative estimate of drug-likeness (QED) is 0.801. The molecule has 1 aromatic rings. The van der Waals surface area contributed by atoms with Crippen molar-refractivity contribution in [3.8, 4) is 0 Å². The summed E-state index contributed by atoms with van der Waals surface area (Å²) in [6.07, 6.45) is 0. The van der Waals surface area contributed by atoms with E-state index in [1.165, 1.54) is 12.1 Å². The largest absolute Gasteiger partial charge is 0.397 e. The summed E-state index contributed by atoms with van der Waals surface area (Å²) >= 11 is 3.12. The Balaban J connectivity index is 2.77. The molecular weight excluding hydrogens is 336 g/mol. The molecule has 0 spiro atoms. The number of hydrogen-bond acceptors (Lipinski definition) is 5. The zero-order chi connectivity index (χ0) is 13.1. The minimum atomic E-state index is -4.61. The highest BCUT2D eigenvalue weighted by Crippen LogP contribution is 2.17. The van der Waals surface area contributed by atoms with E-state index in [1.54, 1.807) is 12.1 Å². The van der Waals surface area contributed by atoms with Crippen LogP contribution in [-0.4, -0.2) is 33.7 Å². The Hall–Kier alpha value is -0.480. The van der Waals surface area contributed by atoms with E-state index < -0.39 is 32.6 Å². The van der Waals surface area contributed by atoms with E-state index in [1.807, 2.05) is 0 Å². The van der Waals surface area contributed by atoms with Crippen LogP contribution in [0.15, 0.2) is 33.6 Å². The fraction of sp³-hybridized carbons (Fsp3) is 0.250. The number of benzene rings is 1. The van der Waals surface area contributed by atoms with Crippen molar-refractivity contribution in [3.63, 3.8) is 0 Å². The molecule has 0 aromatic heterocycles. The minimum Gasteiger partial charge on any atom is -0.264 e. The van der Waals surface area contributed by atoms with Gasteiger partial charge in [0.2, 0.25) is 0 Å². The summed E-state index contributed by atoms with van der Waals surface area (Å²) in [4.78, 5) is 0.0470. The van der Waals surface area contributed by atoms with Crippen LogP contribution >= 0.6 is 15.9 Å². The molecule has 0 saturated carbocycles. The van der Waals surface area contributed by atoms with Crippen molar-refractivity contribution in [1.29, 1.82) is 0 Å². The van der Waals surface area contributed by atoms with Crippen molar-refractivity contribution in [2.24, 2.45) is 0 Å². The molecule has 0 aliphatic heterocycles. The smallest absolute Gasteiger partial charge is 0.264 e. The second-order valence-electron chi connectivity index (χ2n) is 3.03. The Kier molecular flexibility index (Phi) is 4.67. The van der Waals surface area contributed by atoms with Crippen molar-refractivity contribution in [2.45, 2.75) is 4.90 Å². The number of sulfone groups is 1. The molecule has 9 heteroatoms. The van der Waals surface area contributed by atoms with Crippen molar-refractivity contribution in [2.75, 3.05) is 12.4 Å². The van der Waals surface area contributed by atoms with Gasteiger partial charge >= 0.3 is 10.4 Å². The maximum Gasteiger partial charge on any atom is 0.397 e. The van der Waals surface area contributed by atoms with E-state index in [-0.39, 0.29) is 4.90 Å². The summed E-state index contributed by atoms with van der Waals surface area (Å²) in [5.41, 5.74) is 0. The van der Waals surface area contributed by atoms with E-state index in [9.17, 15) is 16.8 Å². The highest BCUT2D eigenvalue weighted by atomic mass is 79.9. The second-order valence-corrected chi connectivity index (χ2v) is 7.14. The first-order valence-electron chi connectivity index (χ1n) is 4.31. The zero-order valence-electron chi connectivity index (χ0n) is 8.41. The van der Waals surface area contributed by atoms with Crippen molar-refractivity contribution >= 4 is 36.2 Å². The van der Waals surface area contributed by atoms with Crippen LogP contribution in [0.3, 0.4) is 0 Å². The SMILES string of the molecule is O=S(=O)(O)OCCS(=O)(=O)c1cccc(Br)c1. The number of hydrogen-bond donors (Lipinski definition) is 1. The lowest BCUT2D eigenvalue weighted by atomic mass is 10.4. The van der Waals surface area contributed by atoms with Crippen LogP contribution in [0.2, 0.25) is 0 Å². The molecule has 0 aliphatic carbocycles. The summed E-state index contributed by atoms with van der Waals surface area (Å²) in [5.74, 6) is -0.538. The van der Waals surface area contributed by atoms with Crippen LogP contribution in [0.4, 0.5) is 0 Å². The average molecular weight is 345 g/mol. The standard InChI is InChI=1S/C8H9BrO6S2/c9-7-2-1-3-8(6-7)16(10,11)5-4-15-17(12,13)14/h1-3,6H,4-5H2,(H,12,13,14). The minimum absolute atomic E-state index is 0.0470. The molecule has 0 bridgehead atoms. The van der Waals surface area contributed by atoms with Gasteiger partial charge in [-0.05, 0) is 18.2 Å². The van der Waals surface area contributed by atoms with Gasteiger partial charge in [0.05, 0.1) is 17.3 Å². The molecule has 6 nitrogen and oxygen atoms in total. The van der Waals surface area contributed by atoms with E-state index in [2.05, 4.69) is 20.1 Å². The van der Waals surface area contributed by atoms with Crippen LogP contribution in [0.5, 0.6) is 0 Å². The van der Waals surface area contributed by atoms with Crippen LogP contribution < -0.4 is 0 Å². The molecular formula is C8H9BrO6S2. The lowest BCUT2D eigenvalue weighted by molar-refractivity contribution is 0.284. The summed E-state index contributed by atoms with van der Waals surface area (Å²) in [7, 11) is -8.25. The van der Waals surface area contributed by atoms with Crippen molar-refractivity contribution in [1.82, 2.24) is 0 Å². The van der Waals surface area contributed by atoms with E-state index in [0.717, 1.165) is 0 Å². The Labute approximate surface area is 108 Å². The molecule has 0 fully saturated rings. The van der Waals surface area contributed by atoms with E-state index in [0.29, 0.717) is 4.47 Å². The van der Waals surface area contributed by atoms with Crippen LogP contribution in [0.25, 0.3) is 0 Å². The predicted molar refractivity (Wildman–Crippen MR) is 63.7 cm³/mol. The molecule has 1 N–H and O–H groups in total. The van der Waals surface area contributed by atoms with Gasteiger partial charge < -0.3 is 0 Å². The topological polar surface area (TPSA) is 97.7 Å². The first-order valence-corrected chi connectivity index (χ1v) is 8.12. The first kappa shape index (κ1) is 14.6. The molecule has 1 rings (SSSR count). The maximum atomic E-state index is 11.7. The van der Waals surface area contributed by atoms with Crippen LogP contribution in [-0.2, 0) is 24.4 Å². The van der Waals surface area contributed by atoms with Crippen LogP contribution in [0, 0.1) is 0 Å². The van der Waals surface area contributed by atoms with Gasteiger partial charge in [-0.3, -0.25) is 4.55 Å². The molecule has 96 valence electrons. The molecule has 0 radical (unpaired) electrons. The molecule has 0 unspecified atom stereocenters. The molecule has 17 heavy (non-hydrogen) atoms. The molecule has 0 aliphatic rings. The highest BCUT2D eigenvalue weighted by molar-refractivity contribution is 9.10. The van der Waals surface area contributed by atoms with Crippen molar-refractivity contribution < 1.29 is 25.6 Å². The third kappa shape index (κ3) is 5.13. The van der Waals surface area contributed by atoms with Gasteiger partial charge in [-0.15, -0.1) is 0 Å². The molecule has 0 heterocycles. The zero-order valence-corrected chi connectivity index (χ0v) is 11.6. The monoisotopic (exact) mass is 344 g/mol. The lowest BCUT2D eigenvalue weighted by Gasteiger charge is -2.04. The number of halogens is 1. The van der Waals surface area contributed by atoms with Gasteiger partial charge in [0, 0.05) is 4.47 Å². The fourth-order valence-corrected chi connectivity index (χ4v) is 3.11. The summed E-state index contributed by atoms with van der Waals surface area (Å²) < 4.78 is 56.7. The van der Waals surface area contributed by atoms with Gasteiger partial charge in [0.25, 0.3) is 0 Å². The third-order valence-electron chi connectivity index (χ3n) is 1.74. The van der Waals surface area contributed by atoms with Gasteiger partial charge in [0.15, 0.2) is 9.84 Å².